The van der Waals surface area contributed by atoms with Gasteiger partial charge < -0.3 is 9.09 Å². The Hall–Kier alpha value is -1.91. The van der Waals surface area contributed by atoms with Gasteiger partial charge in [0.2, 0.25) is 5.89 Å². The summed E-state index contributed by atoms with van der Waals surface area (Å²) in [4.78, 5) is 15.0. The van der Waals surface area contributed by atoms with Gasteiger partial charge in [-0.25, -0.2) is 0 Å². The quantitative estimate of drug-likeness (QED) is 0.745. The van der Waals surface area contributed by atoms with Crippen molar-refractivity contribution in [2.24, 2.45) is 0 Å². The fourth-order valence-corrected chi connectivity index (χ4v) is 1.20. The molecule has 15 heavy (non-hydrogen) atoms. The van der Waals surface area contributed by atoms with E-state index in [1.54, 1.807) is 12.4 Å². The fraction of sp³-hybridized carbons (Fsp3) is 0.300. The average Bonchev–Trinajstić information content (AvgIpc) is 2.69. The Kier molecular flexibility index (Phi) is 2.62. The van der Waals surface area contributed by atoms with E-state index in [9.17, 15) is 4.79 Å². The normalized spacial score (nSPS) is 10.5. The highest BCUT2D eigenvalue weighted by Gasteiger charge is 2.03. The van der Waals surface area contributed by atoms with Gasteiger partial charge in [0.1, 0.15) is 6.54 Å². The molecule has 2 rings (SSSR count). The molecule has 2 heterocycles. The number of rotatable bonds is 3. The third-order valence-corrected chi connectivity index (χ3v) is 2.00. The van der Waals surface area contributed by atoms with Gasteiger partial charge in [-0.15, -0.1) is 0 Å². The Morgan fingerprint density at radius 3 is 2.73 bits per heavy atom. The van der Waals surface area contributed by atoms with Crippen molar-refractivity contribution in [3.05, 3.63) is 46.5 Å². The van der Waals surface area contributed by atoms with Crippen molar-refractivity contribution in [2.75, 3.05) is 0 Å². The Morgan fingerprint density at radius 1 is 1.40 bits per heavy atom. The molecule has 0 aliphatic rings. The van der Waals surface area contributed by atoms with Crippen molar-refractivity contribution in [3.63, 3.8) is 0 Å². The van der Waals surface area contributed by atoms with E-state index >= 15 is 0 Å². The molecule has 0 aliphatic carbocycles. The third kappa shape index (κ3) is 2.31. The second kappa shape index (κ2) is 4.08. The van der Waals surface area contributed by atoms with Gasteiger partial charge in [0.25, 0.3) is 0 Å². The summed E-state index contributed by atoms with van der Waals surface area (Å²) < 4.78 is 6.84. The van der Waals surface area contributed by atoms with Gasteiger partial charge in [0.05, 0.1) is 0 Å². The molecule has 0 saturated heterocycles. The number of aryl methyl sites for hydroxylation is 1. The first kappa shape index (κ1) is 9.64. The van der Waals surface area contributed by atoms with Crippen molar-refractivity contribution in [1.29, 1.82) is 0 Å². The standard InChI is InChI=1S/C10H11N3O2/c1-2-9-11-10(15-12-9)7-13-5-3-8(14)4-6-13/h3-6H,2,7H2,1H3. The molecule has 0 radical (unpaired) electrons. The van der Waals surface area contributed by atoms with Crippen molar-refractivity contribution in [2.45, 2.75) is 19.9 Å². The molecule has 78 valence electrons. The minimum atomic E-state index is -0.00831. The van der Waals surface area contributed by atoms with E-state index in [0.717, 1.165) is 6.42 Å². The van der Waals surface area contributed by atoms with E-state index in [1.165, 1.54) is 12.1 Å². The van der Waals surface area contributed by atoms with Crippen LogP contribution in [0.1, 0.15) is 18.6 Å². The van der Waals surface area contributed by atoms with Crippen LogP contribution in [0.15, 0.2) is 33.8 Å². The van der Waals surface area contributed by atoms with E-state index < -0.39 is 0 Å². The molecule has 0 saturated carbocycles. The second-order valence-corrected chi connectivity index (χ2v) is 3.16. The lowest BCUT2D eigenvalue weighted by Crippen LogP contribution is -2.04. The molecule has 5 heteroatoms. The van der Waals surface area contributed by atoms with Gasteiger partial charge >= 0.3 is 0 Å². The van der Waals surface area contributed by atoms with Gasteiger partial charge in [0.15, 0.2) is 11.3 Å². The Morgan fingerprint density at radius 2 is 2.13 bits per heavy atom. The van der Waals surface area contributed by atoms with Gasteiger partial charge in [-0.3, -0.25) is 4.79 Å². The summed E-state index contributed by atoms with van der Waals surface area (Å²) in [6, 6.07) is 2.99. The third-order valence-electron chi connectivity index (χ3n) is 2.00. The van der Waals surface area contributed by atoms with Crippen molar-refractivity contribution in [1.82, 2.24) is 14.7 Å². The Bertz CT molecular complexity index is 481. The van der Waals surface area contributed by atoms with Gasteiger partial charge in [-0.05, 0) is 0 Å². The molecule has 0 spiro atoms. The molecular weight excluding hydrogens is 194 g/mol. The largest absolute Gasteiger partial charge is 0.345 e. The van der Waals surface area contributed by atoms with Gasteiger partial charge in [-0.1, -0.05) is 12.1 Å². The van der Waals surface area contributed by atoms with Crippen LogP contribution in [0, 0.1) is 0 Å². The van der Waals surface area contributed by atoms with Crippen molar-refractivity contribution >= 4 is 0 Å². The average molecular weight is 205 g/mol. The molecule has 0 aromatic carbocycles. The number of pyridine rings is 1. The zero-order valence-electron chi connectivity index (χ0n) is 8.38. The maximum absolute atomic E-state index is 10.9. The highest BCUT2D eigenvalue weighted by Crippen LogP contribution is 2.00. The van der Waals surface area contributed by atoms with E-state index in [1.807, 2.05) is 11.5 Å². The van der Waals surface area contributed by atoms with E-state index in [-0.39, 0.29) is 5.43 Å². The Labute approximate surface area is 86.4 Å². The van der Waals surface area contributed by atoms with Gasteiger partial charge in [0, 0.05) is 30.9 Å². The fourth-order valence-electron chi connectivity index (χ4n) is 1.20. The minimum absolute atomic E-state index is 0.00831. The summed E-state index contributed by atoms with van der Waals surface area (Å²) in [5, 5.41) is 3.79. The molecule has 0 unspecified atom stereocenters. The molecule has 0 atom stereocenters. The van der Waals surface area contributed by atoms with Crippen LogP contribution < -0.4 is 5.43 Å². The van der Waals surface area contributed by atoms with Crippen LogP contribution >= 0.6 is 0 Å². The smallest absolute Gasteiger partial charge is 0.246 e. The molecule has 0 N–H and O–H groups in total. The lowest BCUT2D eigenvalue weighted by atomic mass is 10.4. The summed E-state index contributed by atoms with van der Waals surface area (Å²) in [6.07, 6.45) is 4.14. The van der Waals surface area contributed by atoms with Crippen LogP contribution in [-0.4, -0.2) is 14.7 Å². The monoisotopic (exact) mass is 205 g/mol. The molecule has 2 aromatic heterocycles. The second-order valence-electron chi connectivity index (χ2n) is 3.16. The molecule has 0 bridgehead atoms. The molecule has 2 aromatic rings. The molecular formula is C10H11N3O2. The summed E-state index contributed by atoms with van der Waals surface area (Å²) in [5.41, 5.74) is -0.00831. The maximum Gasteiger partial charge on any atom is 0.246 e. The Balaban J connectivity index is 2.14. The van der Waals surface area contributed by atoms with Gasteiger partial charge in [-0.2, -0.15) is 4.98 Å². The number of nitrogens with zero attached hydrogens (tertiary/aromatic N) is 3. The van der Waals surface area contributed by atoms with Crippen LogP contribution in [0.3, 0.4) is 0 Å². The summed E-state index contributed by atoms with van der Waals surface area (Å²) in [6.45, 7) is 2.46. The lowest BCUT2D eigenvalue weighted by Gasteiger charge is -1.99. The molecule has 5 nitrogen and oxygen atoms in total. The zero-order valence-corrected chi connectivity index (χ0v) is 8.38. The summed E-state index contributed by atoms with van der Waals surface area (Å²) in [7, 11) is 0. The SMILES string of the molecule is CCc1noc(Cn2ccc(=O)cc2)n1. The minimum Gasteiger partial charge on any atom is -0.345 e. The lowest BCUT2D eigenvalue weighted by molar-refractivity contribution is 0.366. The predicted molar refractivity (Wildman–Crippen MR) is 53.5 cm³/mol. The maximum atomic E-state index is 10.9. The van der Waals surface area contributed by atoms with E-state index in [4.69, 9.17) is 4.52 Å². The summed E-state index contributed by atoms with van der Waals surface area (Å²) in [5.74, 6) is 1.25. The topological polar surface area (TPSA) is 60.9 Å². The first-order valence-corrected chi connectivity index (χ1v) is 4.75. The van der Waals surface area contributed by atoms with Crippen LogP contribution in [0.4, 0.5) is 0 Å². The highest BCUT2D eigenvalue weighted by molar-refractivity contribution is 4.96. The highest BCUT2D eigenvalue weighted by atomic mass is 16.5. The first-order valence-electron chi connectivity index (χ1n) is 4.75. The molecule has 0 amide bonds. The molecule has 0 fully saturated rings. The first-order chi connectivity index (χ1) is 7.28. The number of hydrogen-bond donors (Lipinski definition) is 0. The molecule has 0 aliphatic heterocycles. The zero-order chi connectivity index (χ0) is 10.7. The predicted octanol–water partition coefficient (Wildman–Crippen LogP) is 0.842. The van der Waals surface area contributed by atoms with Crippen LogP contribution in [0.2, 0.25) is 0 Å². The van der Waals surface area contributed by atoms with Crippen LogP contribution in [-0.2, 0) is 13.0 Å². The van der Waals surface area contributed by atoms with E-state index in [2.05, 4.69) is 10.1 Å². The number of aromatic nitrogens is 3. The number of hydrogen-bond acceptors (Lipinski definition) is 4. The van der Waals surface area contributed by atoms with Crippen molar-refractivity contribution in [3.8, 4) is 0 Å². The summed E-state index contributed by atoms with van der Waals surface area (Å²) >= 11 is 0. The van der Waals surface area contributed by atoms with Crippen molar-refractivity contribution < 1.29 is 4.52 Å². The van der Waals surface area contributed by atoms with Crippen LogP contribution in [0.25, 0.3) is 0 Å². The van der Waals surface area contributed by atoms with Crippen LogP contribution in [0.5, 0.6) is 0 Å². The van der Waals surface area contributed by atoms with E-state index in [0.29, 0.717) is 18.3 Å².